The van der Waals surface area contributed by atoms with Gasteiger partial charge in [-0.2, -0.15) is 0 Å². The van der Waals surface area contributed by atoms with Gasteiger partial charge in [-0.15, -0.1) is 0 Å². The van der Waals surface area contributed by atoms with E-state index in [1.54, 1.807) is 0 Å². The Morgan fingerprint density at radius 2 is 1.66 bits per heavy atom. The zero-order valence-corrected chi connectivity index (χ0v) is 16.3. The summed E-state index contributed by atoms with van der Waals surface area (Å²) in [7, 11) is 0. The molecule has 0 fully saturated rings. The molecule has 0 aliphatic heterocycles. The molecule has 29 heavy (non-hydrogen) atoms. The molecule has 5 rings (SSSR count). The lowest BCUT2D eigenvalue weighted by Gasteiger charge is -2.27. The van der Waals surface area contributed by atoms with Crippen molar-refractivity contribution in [1.82, 2.24) is 9.97 Å². The normalized spacial score (nSPS) is 14.7. The Kier molecular flexibility index (Phi) is 4.41. The molecule has 0 N–H and O–H groups in total. The molecule has 1 aromatic carbocycles. The van der Waals surface area contributed by atoms with Crippen molar-refractivity contribution in [3.8, 4) is 0 Å². The number of pyridine rings is 2. The summed E-state index contributed by atoms with van der Waals surface area (Å²) in [6.45, 7) is 2.06. The molecule has 0 saturated carbocycles. The van der Waals surface area contributed by atoms with Gasteiger partial charge in [-0.1, -0.05) is 66.8 Å². The van der Waals surface area contributed by atoms with Gasteiger partial charge in [0.15, 0.2) is 0 Å². The minimum absolute atomic E-state index is 0.857. The van der Waals surface area contributed by atoms with Crippen LogP contribution in [0.2, 0.25) is 0 Å². The summed E-state index contributed by atoms with van der Waals surface area (Å²) >= 11 is 0. The first-order chi connectivity index (χ1) is 14.3. The number of allylic oxidation sites excluding steroid dienone is 5. The van der Waals surface area contributed by atoms with Gasteiger partial charge in [0.2, 0.25) is 0 Å². The third-order valence-corrected chi connectivity index (χ3v) is 5.20. The molecule has 0 spiro atoms. The minimum Gasteiger partial charge on any atom is -0.278 e. The first-order valence-corrected chi connectivity index (χ1v) is 9.81. The van der Waals surface area contributed by atoms with E-state index in [-0.39, 0.29) is 0 Å². The molecule has 3 nitrogen and oxygen atoms in total. The smallest absolute Gasteiger partial charge is 0.138 e. The maximum atomic E-state index is 4.76. The van der Waals surface area contributed by atoms with Crippen LogP contribution < -0.4 is 15.3 Å². The molecule has 0 saturated heterocycles. The number of hydrogen-bond acceptors (Lipinski definition) is 3. The van der Waals surface area contributed by atoms with Crippen LogP contribution in [0.4, 0.5) is 11.6 Å². The zero-order chi connectivity index (χ0) is 19.6. The van der Waals surface area contributed by atoms with Gasteiger partial charge in [0.1, 0.15) is 11.6 Å². The Balaban J connectivity index is 1.88. The second-order valence-corrected chi connectivity index (χ2v) is 7.29. The van der Waals surface area contributed by atoms with Crippen molar-refractivity contribution in [3.05, 3.63) is 118 Å². The Hall–Kier alpha value is -3.72. The van der Waals surface area contributed by atoms with Crippen LogP contribution in [0.1, 0.15) is 12.0 Å². The molecule has 0 unspecified atom stereocenters. The SMILES string of the molecule is Cc1ccc(N(C2=c3ccccc3=CC3=CC=CC=C2C3)c2ccccn2)nc1. The van der Waals surface area contributed by atoms with Gasteiger partial charge in [-0.3, -0.25) is 4.90 Å². The topological polar surface area (TPSA) is 29.0 Å². The van der Waals surface area contributed by atoms with Crippen molar-refractivity contribution in [3.63, 3.8) is 0 Å². The Morgan fingerprint density at radius 1 is 0.828 bits per heavy atom. The predicted octanol–water partition coefficient (Wildman–Crippen LogP) is 4.34. The van der Waals surface area contributed by atoms with E-state index in [1.807, 2.05) is 30.6 Å². The highest BCUT2D eigenvalue weighted by Gasteiger charge is 2.23. The van der Waals surface area contributed by atoms with Crippen molar-refractivity contribution >= 4 is 23.4 Å². The summed E-state index contributed by atoms with van der Waals surface area (Å²) in [5.41, 5.74) is 4.81. The van der Waals surface area contributed by atoms with Crippen molar-refractivity contribution < 1.29 is 0 Å². The number of aromatic nitrogens is 2. The molecule has 0 radical (unpaired) electrons. The number of hydrogen-bond donors (Lipinski definition) is 0. The summed E-state index contributed by atoms with van der Waals surface area (Å²) in [5.74, 6) is 1.72. The van der Waals surface area contributed by atoms with Crippen molar-refractivity contribution in [2.24, 2.45) is 0 Å². The van der Waals surface area contributed by atoms with Crippen LogP contribution in [0, 0.1) is 6.92 Å². The molecule has 3 aromatic rings. The molecular formula is C26H21N3. The maximum Gasteiger partial charge on any atom is 0.138 e. The summed E-state index contributed by atoms with van der Waals surface area (Å²) < 4.78 is 0. The number of fused-ring (bicyclic) bond motifs is 3. The molecule has 2 aromatic heterocycles. The summed E-state index contributed by atoms with van der Waals surface area (Å²) in [6, 6.07) is 18.7. The van der Waals surface area contributed by atoms with Crippen LogP contribution >= 0.6 is 0 Å². The third-order valence-electron chi connectivity index (χ3n) is 5.20. The number of nitrogens with zero attached hydrogens (tertiary/aromatic N) is 3. The van der Waals surface area contributed by atoms with E-state index in [9.17, 15) is 0 Å². The molecule has 140 valence electrons. The van der Waals surface area contributed by atoms with Gasteiger partial charge in [0, 0.05) is 17.6 Å². The summed E-state index contributed by atoms with van der Waals surface area (Å²) in [5, 5.41) is 2.39. The van der Waals surface area contributed by atoms with E-state index in [4.69, 9.17) is 4.98 Å². The Bertz CT molecular complexity index is 1260. The van der Waals surface area contributed by atoms with Gasteiger partial charge >= 0.3 is 0 Å². The van der Waals surface area contributed by atoms with Crippen LogP contribution in [-0.2, 0) is 0 Å². The number of rotatable bonds is 3. The fourth-order valence-corrected chi connectivity index (χ4v) is 3.85. The van der Waals surface area contributed by atoms with E-state index >= 15 is 0 Å². The van der Waals surface area contributed by atoms with E-state index in [1.165, 1.54) is 21.6 Å². The van der Waals surface area contributed by atoms with E-state index in [2.05, 4.69) is 83.6 Å². The van der Waals surface area contributed by atoms with E-state index in [0.29, 0.717) is 0 Å². The highest BCUT2D eigenvalue weighted by Crippen LogP contribution is 2.34. The highest BCUT2D eigenvalue weighted by atomic mass is 15.2. The van der Waals surface area contributed by atoms with Crippen molar-refractivity contribution in [2.75, 3.05) is 4.90 Å². The lowest BCUT2D eigenvalue weighted by atomic mass is 10.0. The predicted molar refractivity (Wildman–Crippen MR) is 119 cm³/mol. The first kappa shape index (κ1) is 17.4. The van der Waals surface area contributed by atoms with E-state index < -0.39 is 0 Å². The van der Waals surface area contributed by atoms with Crippen LogP contribution in [0.5, 0.6) is 0 Å². The second kappa shape index (κ2) is 7.36. The third kappa shape index (κ3) is 3.32. The molecular weight excluding hydrogens is 354 g/mol. The average molecular weight is 375 g/mol. The van der Waals surface area contributed by atoms with Crippen LogP contribution in [0.15, 0.2) is 102 Å². The molecule has 0 amide bonds. The second-order valence-electron chi connectivity index (χ2n) is 7.29. The number of aryl methyl sites for hydroxylation is 1. The molecule has 2 bridgehead atoms. The van der Waals surface area contributed by atoms with Crippen LogP contribution in [-0.4, -0.2) is 9.97 Å². The molecule has 2 heterocycles. The highest BCUT2D eigenvalue weighted by molar-refractivity contribution is 5.86. The van der Waals surface area contributed by atoms with Gasteiger partial charge < -0.3 is 0 Å². The van der Waals surface area contributed by atoms with Gasteiger partial charge in [0.25, 0.3) is 0 Å². The number of anilines is 2. The Labute approximate surface area is 170 Å². The zero-order valence-electron chi connectivity index (χ0n) is 16.3. The lowest BCUT2D eigenvalue weighted by Crippen LogP contribution is -2.33. The Morgan fingerprint density at radius 3 is 2.48 bits per heavy atom. The van der Waals surface area contributed by atoms with Crippen molar-refractivity contribution in [1.29, 1.82) is 0 Å². The van der Waals surface area contributed by atoms with Crippen molar-refractivity contribution in [2.45, 2.75) is 13.3 Å². The van der Waals surface area contributed by atoms with E-state index in [0.717, 1.165) is 29.3 Å². The fraction of sp³-hybridized carbons (Fsp3) is 0.0769. The maximum absolute atomic E-state index is 4.76. The van der Waals surface area contributed by atoms with Gasteiger partial charge in [-0.25, -0.2) is 9.97 Å². The molecule has 2 aliphatic carbocycles. The quantitative estimate of drug-likeness (QED) is 0.682. The largest absolute Gasteiger partial charge is 0.278 e. The summed E-state index contributed by atoms with van der Waals surface area (Å²) in [4.78, 5) is 11.6. The standard InChI is InChI=1S/C26H21N3/c1-19-13-14-25(28-18-19)29(24-12-6-7-15-27-24)26-22-10-3-2-8-20(17-22)16-21-9-4-5-11-23(21)26/h2-16,18H,17H2,1H3. The van der Waals surface area contributed by atoms with Crippen LogP contribution in [0.25, 0.3) is 11.8 Å². The molecule has 0 atom stereocenters. The monoisotopic (exact) mass is 375 g/mol. The van der Waals surface area contributed by atoms with Gasteiger partial charge in [-0.05, 0) is 53.5 Å². The average Bonchev–Trinajstić information content (AvgIpc) is 3.08. The van der Waals surface area contributed by atoms with Gasteiger partial charge in [0.05, 0.1) is 5.70 Å². The molecule has 3 heteroatoms. The minimum atomic E-state index is 0.857. The fourth-order valence-electron chi connectivity index (χ4n) is 3.85. The lowest BCUT2D eigenvalue weighted by molar-refractivity contribution is 1.09. The number of benzene rings is 1. The van der Waals surface area contributed by atoms with Crippen LogP contribution in [0.3, 0.4) is 0 Å². The molecule has 2 aliphatic rings. The summed E-state index contributed by atoms with van der Waals surface area (Å²) in [6.07, 6.45) is 15.5. The first-order valence-electron chi connectivity index (χ1n) is 9.81.